The Morgan fingerprint density at radius 1 is 1.04 bits per heavy atom. The number of aromatic nitrogens is 2. The highest BCUT2D eigenvalue weighted by Gasteiger charge is 2.29. The van der Waals surface area contributed by atoms with Crippen molar-refractivity contribution >= 4 is 12.0 Å². The SMILES string of the molecule is O=C(N1CCCC1)N1CCc2nc(N3CCOCC3)[nH]c(=O)c2C1. The molecule has 0 atom stereocenters. The van der Waals surface area contributed by atoms with E-state index in [9.17, 15) is 9.59 Å². The minimum atomic E-state index is -0.125. The fraction of sp³-hybridized carbons (Fsp3) is 0.688. The lowest BCUT2D eigenvalue weighted by atomic mass is 10.1. The Labute approximate surface area is 140 Å². The molecule has 4 heterocycles. The van der Waals surface area contributed by atoms with E-state index < -0.39 is 0 Å². The van der Waals surface area contributed by atoms with E-state index in [1.165, 1.54) is 0 Å². The maximum absolute atomic E-state index is 12.5. The van der Waals surface area contributed by atoms with Gasteiger partial charge in [0.1, 0.15) is 0 Å². The van der Waals surface area contributed by atoms with Crippen molar-refractivity contribution in [3.05, 3.63) is 21.6 Å². The number of H-pyrrole nitrogens is 1. The number of hydrogen-bond acceptors (Lipinski definition) is 5. The first-order valence-electron chi connectivity index (χ1n) is 8.71. The summed E-state index contributed by atoms with van der Waals surface area (Å²) in [5.41, 5.74) is 1.33. The van der Waals surface area contributed by atoms with Crippen LogP contribution in [0.15, 0.2) is 4.79 Å². The molecule has 0 aliphatic carbocycles. The van der Waals surface area contributed by atoms with Crippen LogP contribution in [0.4, 0.5) is 10.7 Å². The Hall–Kier alpha value is -2.09. The lowest BCUT2D eigenvalue weighted by Crippen LogP contribution is -2.46. The topological polar surface area (TPSA) is 81.8 Å². The second kappa shape index (κ2) is 6.43. The number of likely N-dealkylation sites (tertiary alicyclic amines) is 1. The van der Waals surface area contributed by atoms with Gasteiger partial charge in [0.2, 0.25) is 5.95 Å². The normalized spacial score (nSPS) is 21.1. The number of carbonyl (C=O) groups excluding carboxylic acids is 1. The second-order valence-corrected chi connectivity index (χ2v) is 6.56. The summed E-state index contributed by atoms with van der Waals surface area (Å²) in [6, 6.07) is 0.0507. The average molecular weight is 333 g/mol. The summed E-state index contributed by atoms with van der Waals surface area (Å²) in [7, 11) is 0. The van der Waals surface area contributed by atoms with Crippen molar-refractivity contribution in [3.8, 4) is 0 Å². The van der Waals surface area contributed by atoms with Gasteiger partial charge in [0.05, 0.1) is 31.0 Å². The van der Waals surface area contributed by atoms with Crippen LogP contribution in [0, 0.1) is 0 Å². The Balaban J connectivity index is 1.53. The van der Waals surface area contributed by atoms with Crippen LogP contribution >= 0.6 is 0 Å². The quantitative estimate of drug-likeness (QED) is 0.793. The zero-order chi connectivity index (χ0) is 16.5. The van der Waals surface area contributed by atoms with Gasteiger partial charge in [-0.3, -0.25) is 9.78 Å². The highest BCUT2D eigenvalue weighted by Crippen LogP contribution is 2.19. The molecule has 4 rings (SSSR count). The summed E-state index contributed by atoms with van der Waals surface area (Å²) >= 11 is 0. The number of aromatic amines is 1. The number of carbonyl (C=O) groups is 1. The summed E-state index contributed by atoms with van der Waals surface area (Å²) in [6.45, 7) is 5.41. The molecule has 0 radical (unpaired) electrons. The van der Waals surface area contributed by atoms with Crippen molar-refractivity contribution in [1.82, 2.24) is 19.8 Å². The van der Waals surface area contributed by atoms with E-state index in [0.717, 1.165) is 44.7 Å². The molecule has 2 saturated heterocycles. The van der Waals surface area contributed by atoms with Crippen LogP contribution in [0.1, 0.15) is 24.1 Å². The van der Waals surface area contributed by atoms with Gasteiger partial charge < -0.3 is 19.4 Å². The van der Waals surface area contributed by atoms with Gasteiger partial charge in [0.15, 0.2) is 0 Å². The average Bonchev–Trinajstić information content (AvgIpc) is 3.16. The fourth-order valence-corrected chi connectivity index (χ4v) is 3.61. The van der Waals surface area contributed by atoms with Gasteiger partial charge in [-0.05, 0) is 12.8 Å². The smallest absolute Gasteiger partial charge is 0.320 e. The standard InChI is InChI=1S/C16H23N5O3/c22-14-12-11-21(16(23)20-4-1-2-5-20)6-3-13(12)17-15(18-14)19-7-9-24-10-8-19/h1-11H2,(H,17,18,22). The number of hydrogen-bond donors (Lipinski definition) is 1. The first-order valence-corrected chi connectivity index (χ1v) is 8.71. The first-order chi connectivity index (χ1) is 11.7. The van der Waals surface area contributed by atoms with Crippen LogP contribution in [-0.2, 0) is 17.7 Å². The molecule has 1 aromatic rings. The lowest BCUT2D eigenvalue weighted by Gasteiger charge is -2.32. The van der Waals surface area contributed by atoms with E-state index in [-0.39, 0.29) is 11.6 Å². The minimum Gasteiger partial charge on any atom is -0.378 e. The van der Waals surface area contributed by atoms with E-state index in [2.05, 4.69) is 9.97 Å². The summed E-state index contributed by atoms with van der Waals surface area (Å²) in [6.07, 6.45) is 2.78. The van der Waals surface area contributed by atoms with Gasteiger partial charge in [0, 0.05) is 39.1 Å². The molecule has 0 aromatic carbocycles. The largest absolute Gasteiger partial charge is 0.378 e. The van der Waals surface area contributed by atoms with Crippen LogP contribution in [0.25, 0.3) is 0 Å². The third kappa shape index (κ3) is 2.86. The molecule has 130 valence electrons. The number of anilines is 1. The molecule has 3 aliphatic heterocycles. The molecule has 3 aliphatic rings. The number of nitrogens with one attached hydrogen (secondary N) is 1. The van der Waals surface area contributed by atoms with Gasteiger partial charge >= 0.3 is 6.03 Å². The van der Waals surface area contributed by atoms with Gasteiger partial charge in [-0.25, -0.2) is 9.78 Å². The van der Waals surface area contributed by atoms with Crippen LogP contribution in [0.3, 0.4) is 0 Å². The van der Waals surface area contributed by atoms with Gasteiger partial charge in [-0.2, -0.15) is 0 Å². The van der Waals surface area contributed by atoms with Crippen molar-refractivity contribution in [3.63, 3.8) is 0 Å². The molecule has 2 amide bonds. The molecular formula is C16H23N5O3. The lowest BCUT2D eigenvalue weighted by molar-refractivity contribution is 0.122. The molecule has 0 unspecified atom stereocenters. The highest BCUT2D eigenvalue weighted by atomic mass is 16.5. The molecule has 1 N–H and O–H groups in total. The van der Waals surface area contributed by atoms with Crippen LogP contribution in [-0.4, -0.2) is 71.7 Å². The summed E-state index contributed by atoms with van der Waals surface area (Å²) in [5.74, 6) is 0.626. The Kier molecular flexibility index (Phi) is 4.13. The number of amides is 2. The Morgan fingerprint density at radius 2 is 1.79 bits per heavy atom. The third-order valence-corrected chi connectivity index (χ3v) is 5.01. The third-order valence-electron chi connectivity index (χ3n) is 5.01. The molecule has 8 heteroatoms. The summed E-state index contributed by atoms with van der Waals surface area (Å²) in [4.78, 5) is 38.3. The monoisotopic (exact) mass is 333 g/mol. The number of rotatable bonds is 1. The molecule has 0 saturated carbocycles. The molecule has 8 nitrogen and oxygen atoms in total. The van der Waals surface area contributed by atoms with Crippen LogP contribution in [0.5, 0.6) is 0 Å². The van der Waals surface area contributed by atoms with Gasteiger partial charge in [-0.15, -0.1) is 0 Å². The predicted octanol–water partition coefficient (Wildman–Crippen LogP) is 0.180. The number of fused-ring (bicyclic) bond motifs is 1. The molecule has 0 bridgehead atoms. The maximum Gasteiger partial charge on any atom is 0.320 e. The van der Waals surface area contributed by atoms with Crippen molar-refractivity contribution < 1.29 is 9.53 Å². The van der Waals surface area contributed by atoms with E-state index >= 15 is 0 Å². The van der Waals surface area contributed by atoms with Gasteiger partial charge in [-0.1, -0.05) is 0 Å². The zero-order valence-corrected chi connectivity index (χ0v) is 13.8. The molecular weight excluding hydrogens is 310 g/mol. The van der Waals surface area contributed by atoms with E-state index in [1.54, 1.807) is 4.90 Å². The number of urea groups is 1. The summed E-state index contributed by atoms with van der Waals surface area (Å²) in [5, 5.41) is 0. The van der Waals surface area contributed by atoms with Gasteiger partial charge in [0.25, 0.3) is 5.56 Å². The maximum atomic E-state index is 12.5. The van der Waals surface area contributed by atoms with E-state index in [1.807, 2.05) is 9.80 Å². The Bertz CT molecular complexity index is 677. The van der Waals surface area contributed by atoms with E-state index in [0.29, 0.717) is 44.2 Å². The molecule has 0 spiro atoms. The van der Waals surface area contributed by atoms with Crippen molar-refractivity contribution in [1.29, 1.82) is 0 Å². The molecule has 24 heavy (non-hydrogen) atoms. The molecule has 2 fully saturated rings. The van der Waals surface area contributed by atoms with Crippen molar-refractivity contribution in [2.75, 3.05) is 50.8 Å². The number of ether oxygens (including phenoxy) is 1. The van der Waals surface area contributed by atoms with Crippen LogP contribution < -0.4 is 10.5 Å². The van der Waals surface area contributed by atoms with Crippen molar-refractivity contribution in [2.24, 2.45) is 0 Å². The van der Waals surface area contributed by atoms with E-state index in [4.69, 9.17) is 4.74 Å². The van der Waals surface area contributed by atoms with Crippen molar-refractivity contribution in [2.45, 2.75) is 25.8 Å². The first kappa shape index (κ1) is 15.4. The Morgan fingerprint density at radius 3 is 2.54 bits per heavy atom. The van der Waals surface area contributed by atoms with Crippen LogP contribution in [0.2, 0.25) is 0 Å². The fourth-order valence-electron chi connectivity index (χ4n) is 3.61. The molecule has 1 aromatic heterocycles. The second-order valence-electron chi connectivity index (χ2n) is 6.56. The zero-order valence-electron chi connectivity index (χ0n) is 13.8. The predicted molar refractivity (Wildman–Crippen MR) is 88.2 cm³/mol. The highest BCUT2D eigenvalue weighted by molar-refractivity contribution is 5.75. The number of morpholine rings is 1. The number of nitrogens with zero attached hydrogens (tertiary/aromatic N) is 4. The minimum absolute atomic E-state index is 0.0507. The summed E-state index contributed by atoms with van der Waals surface area (Å²) < 4.78 is 5.34.